The first-order chi connectivity index (χ1) is 10.7. The minimum Gasteiger partial charge on any atom is -0.543 e. The molecule has 3 aliphatic rings. The number of β-lactam (4-membered cyclic amide) rings is 1. The third-order valence-corrected chi connectivity index (χ3v) is 5.00. The number of alkyl halides is 3. The van der Waals surface area contributed by atoms with E-state index in [9.17, 15) is 33.0 Å². The van der Waals surface area contributed by atoms with E-state index in [1.807, 2.05) is 0 Å². The van der Waals surface area contributed by atoms with Crippen LogP contribution in [0.15, 0.2) is 11.3 Å². The maximum Gasteiger partial charge on any atom is 1.00 e. The van der Waals surface area contributed by atoms with Gasteiger partial charge in [0.15, 0.2) is 6.10 Å². The van der Waals surface area contributed by atoms with Crippen molar-refractivity contribution < 1.29 is 67.3 Å². The molecule has 0 aromatic carbocycles. The van der Waals surface area contributed by atoms with E-state index < -0.39 is 48.1 Å². The maximum absolute atomic E-state index is 12.8. The summed E-state index contributed by atoms with van der Waals surface area (Å²) in [4.78, 5) is 24.3. The molecular weight excluding hydrogens is 342 g/mol. The summed E-state index contributed by atoms with van der Waals surface area (Å²) in [5.74, 6) is -4.87. The predicted molar refractivity (Wildman–Crippen MR) is 66.4 cm³/mol. The molecule has 10 heteroatoms. The fourth-order valence-electron chi connectivity index (χ4n) is 4.10. The fourth-order valence-corrected chi connectivity index (χ4v) is 4.10. The first kappa shape index (κ1) is 19.7. The topological polar surface area (TPSA) is 89.9 Å². The molecule has 1 saturated heterocycles. The smallest absolute Gasteiger partial charge is 0.543 e. The molecule has 1 amide bonds. The van der Waals surface area contributed by atoms with Gasteiger partial charge in [0.2, 0.25) is 5.91 Å². The molecule has 0 spiro atoms. The number of hydrogen-bond donors (Lipinski definition) is 1. The summed E-state index contributed by atoms with van der Waals surface area (Å²) in [5.41, 5.74) is -0.0730. The van der Waals surface area contributed by atoms with Crippen molar-refractivity contribution in [2.24, 2.45) is 11.8 Å². The van der Waals surface area contributed by atoms with E-state index in [1.54, 1.807) is 0 Å². The molecule has 5 atom stereocenters. The zero-order valence-corrected chi connectivity index (χ0v) is 15.2. The maximum atomic E-state index is 12.8. The average molecular weight is 357 g/mol. The summed E-state index contributed by atoms with van der Waals surface area (Å²) in [5, 5.41) is 20.9. The summed E-state index contributed by atoms with van der Waals surface area (Å²) in [6.45, 7) is 0. The zero-order chi connectivity index (χ0) is 17.1. The van der Waals surface area contributed by atoms with Gasteiger partial charge < -0.3 is 24.6 Å². The molecule has 1 saturated carbocycles. The van der Waals surface area contributed by atoms with Crippen LogP contribution in [0.4, 0.5) is 13.2 Å². The van der Waals surface area contributed by atoms with Crippen molar-refractivity contribution in [1.82, 2.24) is 4.90 Å². The number of carboxylic acids is 1. The Hall–Kier alpha value is -0.610. The molecule has 6 nitrogen and oxygen atoms in total. The summed E-state index contributed by atoms with van der Waals surface area (Å²) in [6, 6.07) is -1.00. The SMILES string of the molecule is CO[C@H]1CCC[C@H]2C1=C(C(=O)[O-])N1C(=O)[C@H]([C@H](O)C(F)(F)F)[C@@H]21.[Na+]. The predicted octanol–water partition coefficient (Wildman–Crippen LogP) is -3.43. The van der Waals surface area contributed by atoms with Crippen LogP contribution >= 0.6 is 0 Å². The van der Waals surface area contributed by atoms with E-state index in [4.69, 9.17) is 4.74 Å². The van der Waals surface area contributed by atoms with Crippen LogP contribution in [0, 0.1) is 11.8 Å². The molecule has 2 heterocycles. The number of amides is 1. The van der Waals surface area contributed by atoms with E-state index in [0.717, 1.165) is 4.90 Å². The molecule has 0 unspecified atom stereocenters. The van der Waals surface area contributed by atoms with Crippen molar-refractivity contribution in [3.63, 3.8) is 0 Å². The number of ether oxygens (including phenoxy) is 1. The van der Waals surface area contributed by atoms with Crippen molar-refractivity contribution in [2.45, 2.75) is 43.7 Å². The van der Waals surface area contributed by atoms with Crippen molar-refractivity contribution >= 4 is 11.9 Å². The number of rotatable bonds is 3. The van der Waals surface area contributed by atoms with Gasteiger partial charge in [-0.15, -0.1) is 0 Å². The van der Waals surface area contributed by atoms with E-state index in [0.29, 0.717) is 24.8 Å². The first-order valence-electron chi connectivity index (χ1n) is 7.26. The normalized spacial score (nSPS) is 33.4. The number of nitrogens with zero attached hydrogens (tertiary/aromatic N) is 1. The Morgan fingerprint density at radius 2 is 2.04 bits per heavy atom. The molecule has 0 radical (unpaired) electrons. The fraction of sp³-hybridized carbons (Fsp3) is 0.714. The second kappa shape index (κ2) is 6.60. The molecular formula is C14H15F3NNaO5. The van der Waals surface area contributed by atoms with E-state index in [2.05, 4.69) is 0 Å². The van der Waals surface area contributed by atoms with Crippen molar-refractivity contribution in [1.29, 1.82) is 0 Å². The van der Waals surface area contributed by atoms with Gasteiger partial charge in [-0.1, -0.05) is 0 Å². The quantitative estimate of drug-likeness (QED) is 0.420. The Morgan fingerprint density at radius 3 is 2.54 bits per heavy atom. The van der Waals surface area contributed by atoms with Crippen LogP contribution in [0.1, 0.15) is 19.3 Å². The molecule has 1 N–H and O–H groups in total. The summed E-state index contributed by atoms with van der Waals surface area (Å²) in [6.07, 6.45) is -6.70. The van der Waals surface area contributed by atoms with Gasteiger partial charge in [0.25, 0.3) is 0 Å². The number of halogens is 3. The Kier molecular flexibility index (Phi) is 5.42. The molecule has 3 rings (SSSR count). The second-order valence-corrected chi connectivity index (χ2v) is 6.06. The molecule has 2 fully saturated rings. The second-order valence-electron chi connectivity index (χ2n) is 6.06. The molecule has 0 bridgehead atoms. The van der Waals surface area contributed by atoms with Gasteiger partial charge in [-0.3, -0.25) is 4.79 Å². The molecule has 2 aliphatic heterocycles. The third-order valence-electron chi connectivity index (χ3n) is 5.00. The van der Waals surface area contributed by atoms with E-state index in [1.165, 1.54) is 7.11 Å². The van der Waals surface area contributed by atoms with Crippen LogP contribution in [0.25, 0.3) is 0 Å². The molecule has 1 aliphatic carbocycles. The standard InChI is InChI=1S/C14H16F3NO5.Na/c1-23-6-4-2-3-5-7(6)10(13(21)22)18-9(5)8(12(18)20)11(19)14(15,16)17;/h5-6,8-9,11,19H,2-4H2,1H3,(H,21,22);/q;+1/p-1/t5-,6-,8-,9+,11-;/m0./s1. The Balaban J connectivity index is 0.00000208. The van der Waals surface area contributed by atoms with Gasteiger partial charge >= 0.3 is 35.7 Å². The monoisotopic (exact) mass is 357 g/mol. The summed E-state index contributed by atoms with van der Waals surface area (Å²) in [7, 11) is 1.38. The number of aliphatic carboxylic acids is 1. The number of carbonyl (C=O) groups excluding carboxylic acids is 2. The van der Waals surface area contributed by atoms with Crippen molar-refractivity contribution in [2.75, 3.05) is 7.11 Å². The van der Waals surface area contributed by atoms with Gasteiger partial charge in [0.1, 0.15) is 0 Å². The summed E-state index contributed by atoms with van der Waals surface area (Å²) < 4.78 is 43.6. The van der Waals surface area contributed by atoms with Crippen LogP contribution in [0.5, 0.6) is 0 Å². The molecule has 128 valence electrons. The van der Waals surface area contributed by atoms with Gasteiger partial charge in [0.05, 0.1) is 29.7 Å². The molecule has 24 heavy (non-hydrogen) atoms. The van der Waals surface area contributed by atoms with Crippen LogP contribution in [-0.2, 0) is 14.3 Å². The minimum absolute atomic E-state index is 0. The number of aliphatic hydroxyl groups excluding tert-OH is 1. The number of methoxy groups -OCH3 is 1. The van der Waals surface area contributed by atoms with E-state index in [-0.39, 0.29) is 35.3 Å². The van der Waals surface area contributed by atoms with Crippen LogP contribution in [-0.4, -0.2) is 53.4 Å². The Labute approximate surface area is 157 Å². The van der Waals surface area contributed by atoms with Crippen molar-refractivity contribution in [3.8, 4) is 0 Å². The van der Waals surface area contributed by atoms with E-state index >= 15 is 0 Å². The Morgan fingerprint density at radius 1 is 1.42 bits per heavy atom. The van der Waals surface area contributed by atoms with Crippen molar-refractivity contribution in [3.05, 3.63) is 11.3 Å². The molecule has 0 aromatic heterocycles. The number of hydrogen-bond acceptors (Lipinski definition) is 5. The first-order valence-corrected chi connectivity index (χ1v) is 7.26. The van der Waals surface area contributed by atoms with Crippen LogP contribution in [0.2, 0.25) is 0 Å². The Bertz CT molecular complexity index is 593. The number of carbonyl (C=O) groups is 2. The number of fused-ring (bicyclic) bond motifs is 3. The van der Waals surface area contributed by atoms with Crippen LogP contribution < -0.4 is 34.7 Å². The van der Waals surface area contributed by atoms with Crippen LogP contribution in [0.3, 0.4) is 0 Å². The van der Waals surface area contributed by atoms with Gasteiger partial charge in [0, 0.05) is 13.0 Å². The average Bonchev–Trinajstić information content (AvgIpc) is 2.77. The van der Waals surface area contributed by atoms with Gasteiger partial charge in [-0.25, -0.2) is 0 Å². The number of carboxylic acid groups (broad SMARTS) is 1. The third kappa shape index (κ3) is 2.70. The molecule has 0 aromatic rings. The largest absolute Gasteiger partial charge is 1.00 e. The number of aliphatic hydroxyl groups is 1. The summed E-state index contributed by atoms with van der Waals surface area (Å²) >= 11 is 0. The minimum atomic E-state index is -4.94. The van der Waals surface area contributed by atoms with Gasteiger partial charge in [-0.2, -0.15) is 13.2 Å². The van der Waals surface area contributed by atoms with Gasteiger partial charge in [-0.05, 0) is 24.8 Å². The zero-order valence-electron chi connectivity index (χ0n) is 13.2.